The van der Waals surface area contributed by atoms with Crippen molar-refractivity contribution in [2.24, 2.45) is 16.5 Å². The molecule has 0 spiro atoms. The third-order valence-electron chi connectivity index (χ3n) is 1.80. The van der Waals surface area contributed by atoms with Gasteiger partial charge in [0.15, 0.2) is 5.96 Å². The quantitative estimate of drug-likeness (QED) is 0.400. The molecule has 0 radical (unpaired) electrons. The Kier molecular flexibility index (Phi) is 6.54. The Balaban J connectivity index is 3.79. The second kappa shape index (κ2) is 7.18. The maximum atomic E-state index is 5.21. The van der Waals surface area contributed by atoms with Crippen molar-refractivity contribution in [2.75, 3.05) is 6.54 Å². The van der Waals surface area contributed by atoms with Gasteiger partial charge in [-0.15, -0.1) is 0 Å². The molecular weight excluding hydrogens is 174 g/mol. The lowest BCUT2D eigenvalue weighted by Crippen LogP contribution is -2.22. The zero-order chi connectivity index (χ0) is 11.0. The average molecular weight is 195 g/mol. The Bertz CT molecular complexity index is 241. The summed E-state index contributed by atoms with van der Waals surface area (Å²) in [5.74, 6) is 0.151. The van der Waals surface area contributed by atoms with Crippen LogP contribution in [0.4, 0.5) is 0 Å². The van der Waals surface area contributed by atoms with Crippen LogP contribution in [0, 0.1) is 0 Å². The first-order valence-corrected chi connectivity index (χ1v) is 4.86. The lowest BCUT2D eigenvalue weighted by molar-refractivity contribution is 0.956. The molecule has 14 heavy (non-hydrogen) atoms. The molecule has 0 aliphatic carbocycles. The molecule has 0 aliphatic rings. The van der Waals surface area contributed by atoms with Gasteiger partial charge in [0, 0.05) is 0 Å². The number of hydrogen-bond donors (Lipinski definition) is 2. The topological polar surface area (TPSA) is 64.4 Å². The second-order valence-corrected chi connectivity index (χ2v) is 3.64. The van der Waals surface area contributed by atoms with E-state index < -0.39 is 0 Å². The van der Waals surface area contributed by atoms with Crippen LogP contribution in [0.1, 0.15) is 33.6 Å². The molecule has 0 rings (SSSR count). The molecule has 0 fully saturated rings. The van der Waals surface area contributed by atoms with Crippen molar-refractivity contribution in [1.29, 1.82) is 0 Å². The minimum absolute atomic E-state index is 0.151. The van der Waals surface area contributed by atoms with Crippen LogP contribution in [0.3, 0.4) is 0 Å². The maximum Gasteiger partial charge on any atom is 0.186 e. The first kappa shape index (κ1) is 12.8. The fraction of sp³-hybridized carbons (Fsp3) is 0.545. The summed E-state index contributed by atoms with van der Waals surface area (Å²) in [6.45, 7) is 6.90. The lowest BCUT2D eigenvalue weighted by atomic mass is 10.1. The van der Waals surface area contributed by atoms with Crippen LogP contribution in [0.25, 0.3) is 0 Å². The highest BCUT2D eigenvalue weighted by molar-refractivity contribution is 5.75. The standard InChI is InChI=1S/C11H21N3/c1-9(2)5-4-6-10(3)7-8-14-11(12)13/h5,7H,4,6,8H2,1-3H3,(H4,12,13,14)/b10-7+. The summed E-state index contributed by atoms with van der Waals surface area (Å²) < 4.78 is 0. The molecular formula is C11H21N3. The molecule has 4 N–H and O–H groups in total. The smallest absolute Gasteiger partial charge is 0.186 e. The van der Waals surface area contributed by atoms with E-state index in [0.717, 1.165) is 12.8 Å². The van der Waals surface area contributed by atoms with Gasteiger partial charge in [0.05, 0.1) is 6.54 Å². The van der Waals surface area contributed by atoms with E-state index in [4.69, 9.17) is 11.5 Å². The third kappa shape index (κ3) is 8.84. The van der Waals surface area contributed by atoms with Crippen molar-refractivity contribution in [3.8, 4) is 0 Å². The highest BCUT2D eigenvalue weighted by atomic mass is 15.0. The van der Waals surface area contributed by atoms with Gasteiger partial charge in [0.25, 0.3) is 0 Å². The van der Waals surface area contributed by atoms with E-state index in [9.17, 15) is 0 Å². The molecule has 0 aromatic heterocycles. The van der Waals surface area contributed by atoms with Crippen molar-refractivity contribution in [3.05, 3.63) is 23.3 Å². The Morgan fingerprint density at radius 2 is 1.79 bits per heavy atom. The SMILES string of the molecule is CC(C)=CCC/C(C)=C/CN=C(N)N. The van der Waals surface area contributed by atoms with Crippen LogP contribution in [-0.2, 0) is 0 Å². The molecule has 0 unspecified atom stereocenters. The fourth-order valence-corrected chi connectivity index (χ4v) is 0.997. The van der Waals surface area contributed by atoms with Crippen LogP contribution in [-0.4, -0.2) is 12.5 Å². The summed E-state index contributed by atoms with van der Waals surface area (Å²) in [7, 11) is 0. The Labute approximate surface area is 86.6 Å². The van der Waals surface area contributed by atoms with Crippen molar-refractivity contribution in [2.45, 2.75) is 33.6 Å². The van der Waals surface area contributed by atoms with Crippen LogP contribution in [0.2, 0.25) is 0 Å². The van der Waals surface area contributed by atoms with Crippen LogP contribution < -0.4 is 11.5 Å². The van der Waals surface area contributed by atoms with Crippen molar-refractivity contribution < 1.29 is 0 Å². The largest absolute Gasteiger partial charge is 0.370 e. The van der Waals surface area contributed by atoms with E-state index in [1.54, 1.807) is 0 Å². The number of nitrogens with zero attached hydrogens (tertiary/aromatic N) is 1. The number of nitrogens with two attached hydrogens (primary N) is 2. The molecule has 0 aromatic rings. The minimum Gasteiger partial charge on any atom is -0.370 e. The monoisotopic (exact) mass is 195 g/mol. The summed E-state index contributed by atoms with van der Waals surface area (Å²) in [5, 5.41) is 0. The van der Waals surface area contributed by atoms with E-state index in [-0.39, 0.29) is 5.96 Å². The third-order valence-corrected chi connectivity index (χ3v) is 1.80. The maximum absolute atomic E-state index is 5.21. The first-order chi connectivity index (χ1) is 6.52. The molecule has 0 aromatic carbocycles. The summed E-state index contributed by atoms with van der Waals surface area (Å²) in [4.78, 5) is 3.89. The van der Waals surface area contributed by atoms with E-state index in [2.05, 4.69) is 37.9 Å². The second-order valence-electron chi connectivity index (χ2n) is 3.64. The van der Waals surface area contributed by atoms with Crippen LogP contribution >= 0.6 is 0 Å². The molecule has 80 valence electrons. The number of guanidine groups is 1. The summed E-state index contributed by atoms with van der Waals surface area (Å²) in [5.41, 5.74) is 13.1. The predicted molar refractivity (Wildman–Crippen MR) is 63.1 cm³/mol. The zero-order valence-corrected chi connectivity index (χ0v) is 9.38. The highest BCUT2D eigenvalue weighted by Crippen LogP contribution is 2.06. The van der Waals surface area contributed by atoms with Gasteiger partial charge in [-0.1, -0.05) is 23.3 Å². The Morgan fingerprint density at radius 3 is 2.29 bits per heavy atom. The average Bonchev–Trinajstić information content (AvgIpc) is 2.02. The molecule has 0 bridgehead atoms. The van der Waals surface area contributed by atoms with Crippen LogP contribution in [0.5, 0.6) is 0 Å². The van der Waals surface area contributed by atoms with Crippen molar-refractivity contribution in [3.63, 3.8) is 0 Å². The molecule has 0 amide bonds. The van der Waals surface area contributed by atoms with E-state index >= 15 is 0 Å². The summed E-state index contributed by atoms with van der Waals surface area (Å²) in [6, 6.07) is 0. The fourth-order valence-electron chi connectivity index (χ4n) is 0.997. The summed E-state index contributed by atoms with van der Waals surface area (Å²) >= 11 is 0. The number of allylic oxidation sites excluding steroid dienone is 3. The number of rotatable bonds is 5. The highest BCUT2D eigenvalue weighted by Gasteiger charge is 1.88. The molecule has 0 aliphatic heterocycles. The van der Waals surface area contributed by atoms with Gasteiger partial charge in [-0.2, -0.15) is 0 Å². The molecule has 0 saturated carbocycles. The van der Waals surface area contributed by atoms with E-state index in [0.29, 0.717) is 6.54 Å². The van der Waals surface area contributed by atoms with Crippen LogP contribution in [0.15, 0.2) is 28.3 Å². The Hall–Kier alpha value is -1.25. The van der Waals surface area contributed by atoms with E-state index in [1.165, 1.54) is 11.1 Å². The van der Waals surface area contributed by atoms with Gasteiger partial charge >= 0.3 is 0 Å². The molecule has 3 nitrogen and oxygen atoms in total. The predicted octanol–water partition coefficient (Wildman–Crippen LogP) is 1.95. The summed E-state index contributed by atoms with van der Waals surface area (Å²) in [6.07, 6.45) is 6.45. The molecule has 0 heterocycles. The van der Waals surface area contributed by atoms with Gasteiger partial charge in [-0.25, -0.2) is 4.99 Å². The minimum atomic E-state index is 0.151. The molecule has 0 saturated heterocycles. The number of aliphatic imine (C=N–C) groups is 1. The van der Waals surface area contributed by atoms with Gasteiger partial charge in [-0.3, -0.25) is 0 Å². The van der Waals surface area contributed by atoms with Gasteiger partial charge in [-0.05, 0) is 33.6 Å². The zero-order valence-electron chi connectivity index (χ0n) is 9.38. The lowest BCUT2D eigenvalue weighted by Gasteiger charge is -1.97. The van der Waals surface area contributed by atoms with Gasteiger partial charge in [0.1, 0.15) is 0 Å². The first-order valence-electron chi connectivity index (χ1n) is 4.86. The van der Waals surface area contributed by atoms with Crippen molar-refractivity contribution >= 4 is 5.96 Å². The van der Waals surface area contributed by atoms with Gasteiger partial charge in [0.2, 0.25) is 0 Å². The number of hydrogen-bond acceptors (Lipinski definition) is 1. The van der Waals surface area contributed by atoms with Crippen molar-refractivity contribution in [1.82, 2.24) is 0 Å². The van der Waals surface area contributed by atoms with E-state index in [1.807, 2.05) is 0 Å². The van der Waals surface area contributed by atoms with Gasteiger partial charge < -0.3 is 11.5 Å². The Morgan fingerprint density at radius 1 is 1.14 bits per heavy atom. The molecule has 0 atom stereocenters. The molecule has 3 heteroatoms. The normalized spacial score (nSPS) is 10.9.